The van der Waals surface area contributed by atoms with Gasteiger partial charge in [-0.05, 0) is 29.8 Å². The second-order valence-corrected chi connectivity index (χ2v) is 8.35. The van der Waals surface area contributed by atoms with E-state index in [1.807, 2.05) is 36.4 Å². The summed E-state index contributed by atoms with van der Waals surface area (Å²) in [5.41, 5.74) is 1.38. The van der Waals surface area contributed by atoms with Gasteiger partial charge >= 0.3 is 0 Å². The number of nitrogens with one attached hydrogen (secondary N) is 1. The quantitative estimate of drug-likeness (QED) is 0.643. The fourth-order valence-electron chi connectivity index (χ4n) is 2.67. The fourth-order valence-corrected chi connectivity index (χ4v) is 3.80. The van der Waals surface area contributed by atoms with Gasteiger partial charge in [-0.25, -0.2) is 13.1 Å². The third kappa shape index (κ3) is 4.87. The van der Waals surface area contributed by atoms with E-state index < -0.39 is 15.9 Å². The minimum absolute atomic E-state index is 0.0147. The average Bonchev–Trinajstić information content (AvgIpc) is 3.15. The van der Waals surface area contributed by atoms with Gasteiger partial charge in [0.1, 0.15) is 5.82 Å². The number of rotatable bonds is 7. The molecule has 0 saturated carbocycles. The largest absolute Gasteiger partial charge is 0.310 e. The van der Waals surface area contributed by atoms with E-state index in [4.69, 9.17) is 5.26 Å². The average molecular weight is 409 g/mol. The van der Waals surface area contributed by atoms with Gasteiger partial charge in [0, 0.05) is 13.1 Å². The van der Waals surface area contributed by atoms with Gasteiger partial charge in [0.25, 0.3) is 0 Å². The van der Waals surface area contributed by atoms with Gasteiger partial charge in [0.15, 0.2) is 0 Å². The SMILES string of the molecule is CN(CC(=O)Nc1ccnn1Cc1ccccc1)S(=O)(=O)c1ccc(C#N)cc1. The molecule has 3 aromatic rings. The van der Waals surface area contributed by atoms with Crippen LogP contribution in [-0.4, -0.2) is 42.0 Å². The lowest BCUT2D eigenvalue weighted by Crippen LogP contribution is -2.35. The van der Waals surface area contributed by atoms with E-state index in [0.29, 0.717) is 17.9 Å². The first-order valence-corrected chi connectivity index (χ1v) is 10.2. The first-order valence-electron chi connectivity index (χ1n) is 8.72. The van der Waals surface area contributed by atoms with E-state index >= 15 is 0 Å². The molecule has 0 aliphatic heterocycles. The fraction of sp³-hybridized carbons (Fsp3) is 0.150. The predicted molar refractivity (Wildman–Crippen MR) is 107 cm³/mol. The Labute approximate surface area is 169 Å². The van der Waals surface area contributed by atoms with Crippen molar-refractivity contribution in [3.63, 3.8) is 0 Å². The molecule has 0 saturated heterocycles. The lowest BCUT2D eigenvalue weighted by atomic mass is 10.2. The first kappa shape index (κ1) is 20.3. The van der Waals surface area contributed by atoms with Crippen molar-refractivity contribution in [1.82, 2.24) is 14.1 Å². The summed E-state index contributed by atoms with van der Waals surface area (Å²) in [5.74, 6) is -0.0115. The van der Waals surface area contributed by atoms with Crippen molar-refractivity contribution in [2.75, 3.05) is 18.9 Å². The highest BCUT2D eigenvalue weighted by Crippen LogP contribution is 2.15. The topological polar surface area (TPSA) is 108 Å². The molecule has 29 heavy (non-hydrogen) atoms. The number of nitrogens with zero attached hydrogens (tertiary/aromatic N) is 4. The van der Waals surface area contributed by atoms with Crippen molar-refractivity contribution in [1.29, 1.82) is 5.26 Å². The van der Waals surface area contributed by atoms with E-state index in [1.165, 1.54) is 31.3 Å². The van der Waals surface area contributed by atoms with Gasteiger partial charge in [-0.15, -0.1) is 0 Å². The highest BCUT2D eigenvalue weighted by Gasteiger charge is 2.23. The molecule has 1 heterocycles. The number of anilines is 1. The summed E-state index contributed by atoms with van der Waals surface area (Å²) < 4.78 is 27.8. The predicted octanol–water partition coefficient (Wildman–Crippen LogP) is 2.06. The molecule has 8 nitrogen and oxygen atoms in total. The molecule has 0 atom stereocenters. The molecular weight excluding hydrogens is 390 g/mol. The Morgan fingerprint density at radius 3 is 2.48 bits per heavy atom. The van der Waals surface area contributed by atoms with Gasteiger partial charge in [0.2, 0.25) is 15.9 Å². The van der Waals surface area contributed by atoms with Crippen LogP contribution in [0, 0.1) is 11.3 Å². The van der Waals surface area contributed by atoms with Crippen molar-refractivity contribution in [3.05, 3.63) is 78.0 Å². The molecule has 0 bridgehead atoms. The van der Waals surface area contributed by atoms with Gasteiger partial charge < -0.3 is 5.32 Å². The smallest absolute Gasteiger partial charge is 0.243 e. The Hall–Kier alpha value is -3.48. The number of hydrogen-bond donors (Lipinski definition) is 1. The molecule has 0 fully saturated rings. The number of carbonyl (C=O) groups is 1. The van der Waals surface area contributed by atoms with Crippen LogP contribution in [0.5, 0.6) is 0 Å². The molecule has 0 radical (unpaired) electrons. The number of hydrogen-bond acceptors (Lipinski definition) is 5. The third-order valence-corrected chi connectivity index (χ3v) is 6.03. The van der Waals surface area contributed by atoms with Gasteiger partial charge in [-0.1, -0.05) is 30.3 Å². The minimum atomic E-state index is -3.86. The second kappa shape index (κ2) is 8.68. The molecule has 0 aliphatic carbocycles. The highest BCUT2D eigenvalue weighted by atomic mass is 32.2. The number of aromatic nitrogens is 2. The number of amides is 1. The summed E-state index contributed by atoms with van der Waals surface area (Å²) in [7, 11) is -2.53. The molecule has 1 aromatic heterocycles. The molecule has 9 heteroatoms. The van der Waals surface area contributed by atoms with Crippen molar-refractivity contribution >= 4 is 21.7 Å². The first-order chi connectivity index (χ1) is 13.9. The van der Waals surface area contributed by atoms with Crippen molar-refractivity contribution in [2.45, 2.75) is 11.4 Å². The zero-order valence-corrected chi connectivity index (χ0v) is 16.5. The standard InChI is InChI=1S/C20H19N5O3S/c1-24(29(27,28)18-9-7-16(13-21)8-10-18)15-20(26)23-19-11-12-22-25(19)14-17-5-3-2-4-6-17/h2-12H,14-15H2,1H3,(H,23,26). The monoisotopic (exact) mass is 409 g/mol. The Kier molecular flexibility index (Phi) is 6.07. The van der Waals surface area contributed by atoms with Crippen molar-refractivity contribution in [2.24, 2.45) is 0 Å². The maximum Gasteiger partial charge on any atom is 0.243 e. The number of benzene rings is 2. The summed E-state index contributed by atoms with van der Waals surface area (Å²) >= 11 is 0. The maximum absolute atomic E-state index is 12.6. The van der Waals surface area contributed by atoms with Crippen LogP contribution in [-0.2, 0) is 21.4 Å². The summed E-state index contributed by atoms with van der Waals surface area (Å²) in [6.07, 6.45) is 1.57. The summed E-state index contributed by atoms with van der Waals surface area (Å²) in [6.45, 7) is 0.113. The number of sulfonamides is 1. The molecule has 3 rings (SSSR count). The Morgan fingerprint density at radius 1 is 1.14 bits per heavy atom. The lowest BCUT2D eigenvalue weighted by Gasteiger charge is -2.17. The van der Waals surface area contributed by atoms with Crippen LogP contribution >= 0.6 is 0 Å². The summed E-state index contributed by atoms with van der Waals surface area (Å²) in [6, 6.07) is 18.8. The van der Waals surface area contributed by atoms with Crippen LogP contribution in [0.1, 0.15) is 11.1 Å². The molecule has 0 aliphatic rings. The summed E-state index contributed by atoms with van der Waals surface area (Å²) in [4.78, 5) is 12.4. The lowest BCUT2D eigenvalue weighted by molar-refractivity contribution is -0.116. The van der Waals surface area contributed by atoms with Gasteiger partial charge in [-0.2, -0.15) is 14.7 Å². The molecule has 0 unspecified atom stereocenters. The van der Waals surface area contributed by atoms with Crippen LogP contribution in [0.25, 0.3) is 0 Å². The molecule has 1 amide bonds. The zero-order valence-electron chi connectivity index (χ0n) is 15.7. The molecular formula is C20H19N5O3S. The van der Waals surface area contributed by atoms with Crippen LogP contribution in [0.2, 0.25) is 0 Å². The van der Waals surface area contributed by atoms with Crippen molar-refractivity contribution in [3.8, 4) is 6.07 Å². The van der Waals surface area contributed by atoms with Gasteiger partial charge in [-0.3, -0.25) is 4.79 Å². The summed E-state index contributed by atoms with van der Waals surface area (Å²) in [5, 5.41) is 15.7. The third-order valence-electron chi connectivity index (χ3n) is 4.22. The molecule has 1 N–H and O–H groups in total. The number of likely N-dealkylation sites (N-methyl/N-ethyl adjacent to an activating group) is 1. The molecule has 2 aromatic carbocycles. The second-order valence-electron chi connectivity index (χ2n) is 6.31. The number of carbonyl (C=O) groups excluding carboxylic acids is 1. The van der Waals surface area contributed by atoms with Crippen LogP contribution in [0.4, 0.5) is 5.82 Å². The minimum Gasteiger partial charge on any atom is -0.310 e. The Balaban J connectivity index is 1.66. The zero-order chi connectivity index (χ0) is 20.9. The van der Waals surface area contributed by atoms with Crippen LogP contribution in [0.3, 0.4) is 0 Å². The molecule has 0 spiro atoms. The number of nitriles is 1. The van der Waals surface area contributed by atoms with E-state index in [0.717, 1.165) is 9.87 Å². The normalized spacial score (nSPS) is 11.2. The Bertz CT molecular complexity index is 1130. The van der Waals surface area contributed by atoms with Crippen molar-refractivity contribution < 1.29 is 13.2 Å². The highest BCUT2D eigenvalue weighted by molar-refractivity contribution is 7.89. The van der Waals surface area contributed by atoms with Crippen LogP contribution < -0.4 is 5.32 Å². The van der Waals surface area contributed by atoms with E-state index in [2.05, 4.69) is 10.4 Å². The van der Waals surface area contributed by atoms with E-state index in [9.17, 15) is 13.2 Å². The van der Waals surface area contributed by atoms with E-state index in [-0.39, 0.29) is 11.4 Å². The molecule has 148 valence electrons. The maximum atomic E-state index is 12.6. The van der Waals surface area contributed by atoms with Gasteiger partial charge in [0.05, 0.1) is 35.8 Å². The Morgan fingerprint density at radius 2 is 1.83 bits per heavy atom. The van der Waals surface area contributed by atoms with Crippen LogP contribution in [0.15, 0.2) is 71.8 Å². The van der Waals surface area contributed by atoms with E-state index in [1.54, 1.807) is 16.9 Å².